The lowest BCUT2D eigenvalue weighted by atomic mass is 10.2. The Morgan fingerprint density at radius 1 is 1.29 bits per heavy atom. The molecule has 0 saturated heterocycles. The average Bonchev–Trinajstić information content (AvgIpc) is 3.16. The molecule has 0 radical (unpaired) electrons. The number of aromatic carboxylic acids is 1. The van der Waals surface area contributed by atoms with Crippen LogP contribution in [-0.2, 0) is 6.61 Å². The molecular weight excluding hydrogens is 290 g/mol. The van der Waals surface area contributed by atoms with E-state index in [9.17, 15) is 4.79 Å². The van der Waals surface area contributed by atoms with Crippen molar-refractivity contribution in [2.45, 2.75) is 6.61 Å². The second-order valence-electron chi connectivity index (χ2n) is 4.21. The van der Waals surface area contributed by atoms with Crippen molar-refractivity contribution < 1.29 is 19.1 Å². The summed E-state index contributed by atoms with van der Waals surface area (Å²) in [4.78, 5) is 16.3. The SMILES string of the molecule is O=C(O)c1ccccc1OCc1coc(-c2cccs2)n1. The van der Waals surface area contributed by atoms with Gasteiger partial charge in [0.05, 0.1) is 4.88 Å². The average molecular weight is 301 g/mol. The van der Waals surface area contributed by atoms with Gasteiger partial charge in [-0.15, -0.1) is 11.3 Å². The normalized spacial score (nSPS) is 10.5. The number of ether oxygens (including phenoxy) is 1. The predicted octanol–water partition coefficient (Wildman–Crippen LogP) is 3.68. The van der Waals surface area contributed by atoms with Gasteiger partial charge in [-0.2, -0.15) is 0 Å². The van der Waals surface area contributed by atoms with Gasteiger partial charge in [0.2, 0.25) is 5.89 Å². The number of oxazole rings is 1. The number of thiophene rings is 1. The van der Waals surface area contributed by atoms with Gasteiger partial charge in [-0.3, -0.25) is 0 Å². The minimum Gasteiger partial charge on any atom is -0.486 e. The Balaban J connectivity index is 1.73. The quantitative estimate of drug-likeness (QED) is 0.778. The van der Waals surface area contributed by atoms with Gasteiger partial charge in [0.25, 0.3) is 0 Å². The third kappa shape index (κ3) is 2.95. The smallest absolute Gasteiger partial charge is 0.339 e. The lowest BCUT2D eigenvalue weighted by Gasteiger charge is -2.06. The molecule has 0 atom stereocenters. The van der Waals surface area contributed by atoms with E-state index in [1.54, 1.807) is 18.2 Å². The van der Waals surface area contributed by atoms with Crippen molar-refractivity contribution in [1.82, 2.24) is 4.98 Å². The van der Waals surface area contributed by atoms with Crippen LogP contribution in [0.5, 0.6) is 5.75 Å². The molecule has 1 aromatic carbocycles. The first kappa shape index (κ1) is 13.4. The molecule has 5 nitrogen and oxygen atoms in total. The number of benzene rings is 1. The summed E-state index contributed by atoms with van der Waals surface area (Å²) in [6.45, 7) is 0.152. The van der Waals surface area contributed by atoms with Crippen molar-refractivity contribution in [3.8, 4) is 16.5 Å². The predicted molar refractivity (Wildman–Crippen MR) is 77.5 cm³/mol. The number of para-hydroxylation sites is 1. The van der Waals surface area contributed by atoms with E-state index < -0.39 is 5.97 Å². The zero-order valence-corrected chi connectivity index (χ0v) is 11.7. The molecule has 0 spiro atoms. The van der Waals surface area contributed by atoms with Crippen LogP contribution in [0.2, 0.25) is 0 Å². The van der Waals surface area contributed by atoms with E-state index in [1.165, 1.54) is 23.7 Å². The molecule has 0 aliphatic rings. The van der Waals surface area contributed by atoms with Crippen LogP contribution < -0.4 is 4.74 Å². The van der Waals surface area contributed by atoms with Crippen LogP contribution in [0.15, 0.2) is 52.5 Å². The number of rotatable bonds is 5. The second-order valence-corrected chi connectivity index (χ2v) is 5.16. The summed E-state index contributed by atoms with van der Waals surface area (Å²) in [5.74, 6) is -0.175. The van der Waals surface area contributed by atoms with Gasteiger partial charge in [0.1, 0.15) is 29.9 Å². The Morgan fingerprint density at radius 2 is 2.14 bits per heavy atom. The molecule has 2 heterocycles. The van der Waals surface area contributed by atoms with Gasteiger partial charge in [0.15, 0.2) is 0 Å². The van der Waals surface area contributed by atoms with Gasteiger partial charge in [-0.1, -0.05) is 18.2 Å². The fraction of sp³-hybridized carbons (Fsp3) is 0.0667. The van der Waals surface area contributed by atoms with Gasteiger partial charge >= 0.3 is 5.97 Å². The van der Waals surface area contributed by atoms with Crippen LogP contribution in [0, 0.1) is 0 Å². The van der Waals surface area contributed by atoms with Crippen LogP contribution in [0.4, 0.5) is 0 Å². The molecule has 0 aliphatic carbocycles. The summed E-state index contributed by atoms with van der Waals surface area (Å²) in [5.41, 5.74) is 0.734. The first-order chi connectivity index (χ1) is 10.2. The van der Waals surface area contributed by atoms with Gasteiger partial charge in [0, 0.05) is 0 Å². The Bertz CT molecular complexity index is 749. The van der Waals surface area contributed by atoms with Crippen LogP contribution in [0.3, 0.4) is 0 Å². The Labute approximate surface area is 124 Å². The van der Waals surface area contributed by atoms with Crippen molar-refractivity contribution in [2.24, 2.45) is 0 Å². The van der Waals surface area contributed by atoms with E-state index in [-0.39, 0.29) is 12.2 Å². The lowest BCUT2D eigenvalue weighted by molar-refractivity contribution is 0.0691. The molecule has 0 fully saturated rings. The standard InChI is InChI=1S/C15H11NO4S/c17-15(18)11-4-1-2-5-12(11)19-8-10-9-20-14(16-10)13-6-3-7-21-13/h1-7,9H,8H2,(H,17,18). The molecule has 0 amide bonds. The fourth-order valence-corrected chi connectivity index (χ4v) is 2.46. The molecule has 0 saturated carbocycles. The summed E-state index contributed by atoms with van der Waals surface area (Å²) in [6, 6.07) is 10.3. The van der Waals surface area contributed by atoms with E-state index in [0.29, 0.717) is 17.3 Å². The summed E-state index contributed by atoms with van der Waals surface area (Å²) in [7, 11) is 0. The summed E-state index contributed by atoms with van der Waals surface area (Å²) in [6.07, 6.45) is 1.51. The van der Waals surface area contributed by atoms with Crippen molar-refractivity contribution in [1.29, 1.82) is 0 Å². The fourth-order valence-electron chi connectivity index (χ4n) is 1.81. The summed E-state index contributed by atoms with van der Waals surface area (Å²) in [5, 5.41) is 11.0. The first-order valence-corrected chi connectivity index (χ1v) is 7.05. The molecular formula is C15H11NO4S. The zero-order chi connectivity index (χ0) is 14.7. The van der Waals surface area contributed by atoms with E-state index in [1.807, 2.05) is 17.5 Å². The molecule has 21 heavy (non-hydrogen) atoms. The van der Waals surface area contributed by atoms with Crippen LogP contribution in [-0.4, -0.2) is 16.1 Å². The van der Waals surface area contributed by atoms with E-state index in [2.05, 4.69) is 4.98 Å². The number of carboxylic acids is 1. The van der Waals surface area contributed by atoms with Gasteiger partial charge < -0.3 is 14.3 Å². The largest absolute Gasteiger partial charge is 0.486 e. The maximum Gasteiger partial charge on any atom is 0.339 e. The monoisotopic (exact) mass is 301 g/mol. The topological polar surface area (TPSA) is 72.6 Å². The number of hydrogen-bond donors (Lipinski definition) is 1. The highest BCUT2D eigenvalue weighted by Gasteiger charge is 2.12. The van der Waals surface area contributed by atoms with Gasteiger partial charge in [-0.05, 0) is 23.6 Å². The maximum absolute atomic E-state index is 11.1. The highest BCUT2D eigenvalue weighted by Crippen LogP contribution is 2.24. The molecule has 0 bridgehead atoms. The number of carbonyl (C=O) groups is 1. The second kappa shape index (κ2) is 5.80. The lowest BCUT2D eigenvalue weighted by Crippen LogP contribution is -2.03. The number of aromatic nitrogens is 1. The molecule has 6 heteroatoms. The zero-order valence-electron chi connectivity index (χ0n) is 10.9. The van der Waals surface area contributed by atoms with Crippen LogP contribution >= 0.6 is 11.3 Å². The molecule has 106 valence electrons. The summed E-state index contributed by atoms with van der Waals surface area (Å²) < 4.78 is 10.9. The number of carboxylic acid groups (broad SMARTS) is 1. The number of nitrogens with zero attached hydrogens (tertiary/aromatic N) is 1. The van der Waals surface area contributed by atoms with E-state index in [0.717, 1.165) is 4.88 Å². The Hall–Kier alpha value is -2.60. The molecule has 3 aromatic rings. The third-order valence-corrected chi connectivity index (χ3v) is 3.63. The molecule has 3 rings (SSSR count). The Morgan fingerprint density at radius 3 is 2.90 bits per heavy atom. The summed E-state index contributed by atoms with van der Waals surface area (Å²) >= 11 is 1.54. The highest BCUT2D eigenvalue weighted by molar-refractivity contribution is 7.13. The Kier molecular flexibility index (Phi) is 3.70. The molecule has 0 unspecified atom stereocenters. The van der Waals surface area contributed by atoms with Crippen LogP contribution in [0.1, 0.15) is 16.1 Å². The minimum atomic E-state index is -1.02. The van der Waals surface area contributed by atoms with Crippen molar-refractivity contribution in [3.63, 3.8) is 0 Å². The molecule has 0 aliphatic heterocycles. The molecule has 1 N–H and O–H groups in total. The molecule has 2 aromatic heterocycles. The minimum absolute atomic E-state index is 0.125. The van der Waals surface area contributed by atoms with E-state index >= 15 is 0 Å². The van der Waals surface area contributed by atoms with Crippen molar-refractivity contribution in [2.75, 3.05) is 0 Å². The van der Waals surface area contributed by atoms with Crippen molar-refractivity contribution >= 4 is 17.3 Å². The third-order valence-electron chi connectivity index (χ3n) is 2.78. The maximum atomic E-state index is 11.1. The van der Waals surface area contributed by atoms with Gasteiger partial charge in [-0.25, -0.2) is 9.78 Å². The van der Waals surface area contributed by atoms with Crippen LogP contribution in [0.25, 0.3) is 10.8 Å². The van der Waals surface area contributed by atoms with Crippen molar-refractivity contribution in [3.05, 3.63) is 59.3 Å². The number of hydrogen-bond acceptors (Lipinski definition) is 5. The highest BCUT2D eigenvalue weighted by atomic mass is 32.1. The first-order valence-electron chi connectivity index (χ1n) is 6.17. The van der Waals surface area contributed by atoms with E-state index in [4.69, 9.17) is 14.3 Å².